The van der Waals surface area contributed by atoms with Gasteiger partial charge in [0.2, 0.25) is 0 Å². The van der Waals surface area contributed by atoms with E-state index in [1.165, 1.54) is 29.7 Å². The van der Waals surface area contributed by atoms with E-state index in [2.05, 4.69) is 29.6 Å². The van der Waals surface area contributed by atoms with Crippen LogP contribution in [-0.4, -0.2) is 6.04 Å². The third kappa shape index (κ3) is 1.83. The molecule has 2 nitrogen and oxygen atoms in total. The van der Waals surface area contributed by atoms with Crippen molar-refractivity contribution in [2.24, 2.45) is 0 Å². The summed E-state index contributed by atoms with van der Waals surface area (Å²) < 4.78 is 5.10. The van der Waals surface area contributed by atoms with Crippen molar-refractivity contribution in [2.75, 3.05) is 5.32 Å². The van der Waals surface area contributed by atoms with Crippen LogP contribution in [0.3, 0.4) is 0 Å². The number of anilines is 1. The standard InChI is InChI=1S/C14H15NO/c1-2-4-14-12(3-1)5-6-13(15-14)9-11-7-8-16-10-11/h1-4,7-8,10,13,15H,5-6,9H2. The SMILES string of the molecule is c1ccc2c(c1)CCC(Cc1ccoc1)N2. The molecule has 1 atom stereocenters. The van der Waals surface area contributed by atoms with Crippen molar-refractivity contribution in [1.29, 1.82) is 0 Å². The van der Waals surface area contributed by atoms with Crippen molar-refractivity contribution in [2.45, 2.75) is 25.3 Å². The van der Waals surface area contributed by atoms with Gasteiger partial charge in [-0.15, -0.1) is 0 Å². The quantitative estimate of drug-likeness (QED) is 0.828. The number of fused-ring (bicyclic) bond motifs is 1. The Morgan fingerprint density at radius 2 is 2.19 bits per heavy atom. The molecular formula is C14H15NO. The summed E-state index contributed by atoms with van der Waals surface area (Å²) in [6, 6.07) is 11.1. The lowest BCUT2D eigenvalue weighted by molar-refractivity contribution is 0.558. The van der Waals surface area contributed by atoms with E-state index in [-0.39, 0.29) is 0 Å². The highest BCUT2D eigenvalue weighted by Crippen LogP contribution is 2.25. The van der Waals surface area contributed by atoms with Gasteiger partial charge in [-0.3, -0.25) is 0 Å². The molecule has 1 unspecified atom stereocenters. The molecule has 82 valence electrons. The summed E-state index contributed by atoms with van der Waals surface area (Å²) in [6.45, 7) is 0. The number of hydrogen-bond donors (Lipinski definition) is 1. The first-order chi connectivity index (χ1) is 7.92. The maximum atomic E-state index is 5.10. The minimum atomic E-state index is 0.535. The number of nitrogens with one attached hydrogen (secondary N) is 1. The largest absolute Gasteiger partial charge is 0.472 e. The van der Waals surface area contributed by atoms with E-state index in [9.17, 15) is 0 Å². The lowest BCUT2D eigenvalue weighted by atomic mass is 9.95. The summed E-state index contributed by atoms with van der Waals surface area (Å²) in [5, 5.41) is 3.59. The number of hydrogen-bond acceptors (Lipinski definition) is 2. The molecule has 1 aromatic heterocycles. The van der Waals surface area contributed by atoms with E-state index in [0.29, 0.717) is 6.04 Å². The second-order valence-corrected chi connectivity index (χ2v) is 4.37. The molecule has 2 aromatic rings. The van der Waals surface area contributed by atoms with Crippen LogP contribution >= 0.6 is 0 Å². The van der Waals surface area contributed by atoms with Gasteiger partial charge in [-0.25, -0.2) is 0 Å². The van der Waals surface area contributed by atoms with Crippen molar-refractivity contribution < 1.29 is 4.42 Å². The Kier molecular flexibility index (Phi) is 2.41. The average molecular weight is 213 g/mol. The third-order valence-electron chi connectivity index (χ3n) is 3.20. The molecule has 3 rings (SSSR count). The second kappa shape index (κ2) is 4.05. The van der Waals surface area contributed by atoms with E-state index >= 15 is 0 Å². The van der Waals surface area contributed by atoms with E-state index < -0.39 is 0 Å². The highest BCUT2D eigenvalue weighted by molar-refractivity contribution is 5.53. The van der Waals surface area contributed by atoms with E-state index in [4.69, 9.17) is 4.42 Å². The van der Waals surface area contributed by atoms with Crippen LogP contribution < -0.4 is 5.32 Å². The number of benzene rings is 1. The van der Waals surface area contributed by atoms with Gasteiger partial charge in [-0.05, 0) is 42.5 Å². The fraction of sp³-hybridized carbons (Fsp3) is 0.286. The van der Waals surface area contributed by atoms with E-state index in [1.54, 1.807) is 6.26 Å². The zero-order chi connectivity index (χ0) is 10.8. The molecule has 0 bridgehead atoms. The van der Waals surface area contributed by atoms with Crippen molar-refractivity contribution in [1.82, 2.24) is 0 Å². The third-order valence-corrected chi connectivity index (χ3v) is 3.20. The first-order valence-electron chi connectivity index (χ1n) is 5.77. The minimum absolute atomic E-state index is 0.535. The molecule has 1 aliphatic heterocycles. The van der Waals surface area contributed by atoms with Crippen molar-refractivity contribution in [3.8, 4) is 0 Å². The number of rotatable bonds is 2. The summed E-state index contributed by atoms with van der Waals surface area (Å²) in [4.78, 5) is 0. The van der Waals surface area contributed by atoms with Gasteiger partial charge in [0, 0.05) is 11.7 Å². The first-order valence-corrected chi connectivity index (χ1v) is 5.77. The molecule has 0 saturated heterocycles. The Hall–Kier alpha value is -1.70. The second-order valence-electron chi connectivity index (χ2n) is 4.37. The molecule has 0 aliphatic carbocycles. The molecule has 0 saturated carbocycles. The Morgan fingerprint density at radius 3 is 3.06 bits per heavy atom. The Labute approximate surface area is 95.3 Å². The summed E-state index contributed by atoms with van der Waals surface area (Å²) >= 11 is 0. The van der Waals surface area contributed by atoms with Gasteiger partial charge in [-0.1, -0.05) is 18.2 Å². The molecule has 0 radical (unpaired) electrons. The zero-order valence-electron chi connectivity index (χ0n) is 9.15. The average Bonchev–Trinajstić information content (AvgIpc) is 2.82. The maximum absolute atomic E-state index is 5.10. The smallest absolute Gasteiger partial charge is 0.0935 e. The molecule has 0 fully saturated rings. The number of para-hydroxylation sites is 1. The number of aryl methyl sites for hydroxylation is 1. The van der Waals surface area contributed by atoms with Gasteiger partial charge in [0.15, 0.2) is 0 Å². The first kappa shape index (κ1) is 9.52. The molecule has 1 aromatic carbocycles. The normalized spacial score (nSPS) is 18.9. The Bertz CT molecular complexity index is 461. The van der Waals surface area contributed by atoms with Crippen molar-refractivity contribution in [3.63, 3.8) is 0 Å². The summed E-state index contributed by atoms with van der Waals surface area (Å²) in [6.07, 6.45) is 6.99. The molecular weight excluding hydrogens is 198 g/mol. The van der Waals surface area contributed by atoms with Crippen molar-refractivity contribution >= 4 is 5.69 Å². The van der Waals surface area contributed by atoms with Gasteiger partial charge >= 0.3 is 0 Å². The van der Waals surface area contributed by atoms with Crippen molar-refractivity contribution in [3.05, 3.63) is 54.0 Å². The maximum Gasteiger partial charge on any atom is 0.0935 e. The molecule has 2 heteroatoms. The highest BCUT2D eigenvalue weighted by atomic mass is 16.3. The lowest BCUT2D eigenvalue weighted by Crippen LogP contribution is -2.27. The summed E-state index contributed by atoms with van der Waals surface area (Å²) in [7, 11) is 0. The Balaban J connectivity index is 1.73. The van der Waals surface area contributed by atoms with Crippen LogP contribution in [0.25, 0.3) is 0 Å². The fourth-order valence-corrected chi connectivity index (χ4v) is 2.35. The van der Waals surface area contributed by atoms with Gasteiger partial charge in [0.05, 0.1) is 12.5 Å². The Morgan fingerprint density at radius 1 is 1.25 bits per heavy atom. The van der Waals surface area contributed by atoms with Gasteiger partial charge in [0.25, 0.3) is 0 Å². The molecule has 16 heavy (non-hydrogen) atoms. The highest BCUT2D eigenvalue weighted by Gasteiger charge is 2.17. The molecule has 1 N–H and O–H groups in total. The summed E-state index contributed by atoms with van der Waals surface area (Å²) in [5.41, 5.74) is 4.00. The van der Waals surface area contributed by atoms with Crippen LogP contribution in [0.1, 0.15) is 17.5 Å². The predicted octanol–water partition coefficient (Wildman–Crippen LogP) is 3.25. The molecule has 1 aliphatic rings. The number of furan rings is 1. The predicted molar refractivity (Wildman–Crippen MR) is 64.6 cm³/mol. The summed E-state index contributed by atoms with van der Waals surface area (Å²) in [5.74, 6) is 0. The topological polar surface area (TPSA) is 25.2 Å². The van der Waals surface area contributed by atoms with Gasteiger partial charge in [0.1, 0.15) is 0 Å². The van der Waals surface area contributed by atoms with Crippen LogP contribution in [0.15, 0.2) is 47.3 Å². The van der Waals surface area contributed by atoms with Crippen LogP contribution in [0.2, 0.25) is 0 Å². The van der Waals surface area contributed by atoms with Crippen LogP contribution in [0.4, 0.5) is 5.69 Å². The lowest BCUT2D eigenvalue weighted by Gasteiger charge is -2.26. The van der Waals surface area contributed by atoms with E-state index in [0.717, 1.165) is 6.42 Å². The fourth-order valence-electron chi connectivity index (χ4n) is 2.35. The monoisotopic (exact) mass is 213 g/mol. The minimum Gasteiger partial charge on any atom is -0.472 e. The van der Waals surface area contributed by atoms with Crippen LogP contribution in [-0.2, 0) is 12.8 Å². The van der Waals surface area contributed by atoms with Gasteiger partial charge < -0.3 is 9.73 Å². The molecule has 0 spiro atoms. The van der Waals surface area contributed by atoms with E-state index in [1.807, 2.05) is 12.3 Å². The molecule has 0 amide bonds. The van der Waals surface area contributed by atoms with Gasteiger partial charge in [-0.2, -0.15) is 0 Å². The zero-order valence-corrected chi connectivity index (χ0v) is 9.15. The van der Waals surface area contributed by atoms with Crippen LogP contribution in [0, 0.1) is 0 Å². The van der Waals surface area contributed by atoms with Crippen LogP contribution in [0.5, 0.6) is 0 Å². The molecule has 2 heterocycles.